The van der Waals surface area contributed by atoms with Gasteiger partial charge in [0.05, 0.1) is 17.7 Å². The number of imide groups is 1. The van der Waals surface area contributed by atoms with Gasteiger partial charge in [0.25, 0.3) is 5.91 Å². The first-order chi connectivity index (χ1) is 14.5. The van der Waals surface area contributed by atoms with Crippen LogP contribution in [0.1, 0.15) is 26.7 Å². The molecule has 2 heterocycles. The van der Waals surface area contributed by atoms with Gasteiger partial charge in [0.15, 0.2) is 0 Å². The van der Waals surface area contributed by atoms with Crippen molar-refractivity contribution in [3.8, 4) is 5.75 Å². The lowest BCUT2D eigenvalue weighted by Crippen LogP contribution is -2.47. The van der Waals surface area contributed by atoms with Crippen molar-refractivity contribution in [2.24, 2.45) is 5.92 Å². The van der Waals surface area contributed by atoms with Crippen molar-refractivity contribution in [1.82, 2.24) is 9.80 Å². The number of fused-ring (bicyclic) bond motifs is 1. The average Bonchev–Trinajstić information content (AvgIpc) is 2.99. The molecule has 168 valence electrons. The van der Waals surface area contributed by atoms with Gasteiger partial charge in [-0.2, -0.15) is 0 Å². The molecule has 1 aromatic rings. The minimum Gasteiger partial charge on any atom is -0.489 e. The third kappa shape index (κ3) is 5.13. The molecule has 0 radical (unpaired) electrons. The van der Waals surface area contributed by atoms with Gasteiger partial charge in [0.2, 0.25) is 5.91 Å². The zero-order valence-corrected chi connectivity index (χ0v) is 19.1. The number of rotatable bonds is 7. The Morgan fingerprint density at radius 2 is 1.81 bits per heavy atom. The van der Waals surface area contributed by atoms with E-state index in [0.29, 0.717) is 18.5 Å². The van der Waals surface area contributed by atoms with Crippen LogP contribution in [0.3, 0.4) is 0 Å². The molecule has 2 saturated heterocycles. The lowest BCUT2D eigenvalue weighted by molar-refractivity contribution is -0.139. The Morgan fingerprint density at radius 3 is 2.52 bits per heavy atom. The van der Waals surface area contributed by atoms with Crippen LogP contribution in [0.4, 0.5) is 5.69 Å². The molecule has 1 aromatic carbocycles. The topological polar surface area (TPSA) is 53.1 Å². The summed E-state index contributed by atoms with van der Waals surface area (Å²) >= 11 is 0. The Labute approximate surface area is 190 Å². The van der Waals surface area contributed by atoms with Crippen molar-refractivity contribution >= 4 is 29.9 Å². The smallest absolute Gasteiger partial charge is 0.257 e. The van der Waals surface area contributed by atoms with Gasteiger partial charge in [0, 0.05) is 38.3 Å². The predicted molar refractivity (Wildman–Crippen MR) is 125 cm³/mol. The highest BCUT2D eigenvalue weighted by Gasteiger charge is 2.42. The van der Waals surface area contributed by atoms with Crippen molar-refractivity contribution in [2.45, 2.75) is 32.8 Å². The number of hydrogen-bond donors (Lipinski definition) is 0. The van der Waals surface area contributed by atoms with Gasteiger partial charge in [0.1, 0.15) is 5.75 Å². The molecule has 1 unspecified atom stereocenters. The van der Waals surface area contributed by atoms with Crippen LogP contribution in [0, 0.1) is 5.92 Å². The molecular formula is C24H32ClN3O3. The molecule has 0 N–H and O–H groups in total. The second-order valence-corrected chi connectivity index (χ2v) is 8.45. The Balaban J connectivity index is 0.00000272. The van der Waals surface area contributed by atoms with Crippen LogP contribution in [-0.4, -0.2) is 67.0 Å². The maximum Gasteiger partial charge on any atom is 0.257 e. The summed E-state index contributed by atoms with van der Waals surface area (Å²) in [4.78, 5) is 31.3. The normalized spacial score (nSPS) is 21.3. The second kappa shape index (κ2) is 10.3. The zero-order valence-electron chi connectivity index (χ0n) is 18.3. The number of likely N-dealkylation sites (tertiary alicyclic amines) is 1. The van der Waals surface area contributed by atoms with Crippen LogP contribution in [0.5, 0.6) is 5.75 Å². The summed E-state index contributed by atoms with van der Waals surface area (Å²) in [5.41, 5.74) is 1.82. The fraction of sp³-hybridized carbons (Fsp3) is 0.500. The van der Waals surface area contributed by atoms with Gasteiger partial charge >= 0.3 is 0 Å². The third-order valence-electron chi connectivity index (χ3n) is 6.01. The largest absolute Gasteiger partial charge is 0.489 e. The maximum atomic E-state index is 12.5. The first-order valence-electron chi connectivity index (χ1n) is 11.0. The minimum absolute atomic E-state index is 0. The summed E-state index contributed by atoms with van der Waals surface area (Å²) in [6, 6.07) is 8.23. The quantitative estimate of drug-likeness (QED) is 0.603. The fourth-order valence-electron chi connectivity index (χ4n) is 4.48. The molecule has 6 nitrogen and oxygen atoms in total. The number of carbonyl (C=O) groups excluding carboxylic acids is 2. The van der Waals surface area contributed by atoms with Crippen molar-refractivity contribution < 1.29 is 14.3 Å². The molecule has 0 bridgehead atoms. The summed E-state index contributed by atoms with van der Waals surface area (Å²) in [5, 5.41) is 0. The van der Waals surface area contributed by atoms with Crippen molar-refractivity contribution in [3.63, 3.8) is 0 Å². The van der Waals surface area contributed by atoms with Gasteiger partial charge in [-0.05, 0) is 45.4 Å². The maximum absolute atomic E-state index is 12.5. The summed E-state index contributed by atoms with van der Waals surface area (Å²) < 4.78 is 5.97. The molecule has 2 amide bonds. The molecule has 2 fully saturated rings. The molecule has 0 saturated carbocycles. The van der Waals surface area contributed by atoms with Crippen LogP contribution >= 0.6 is 12.4 Å². The highest BCUT2D eigenvalue weighted by Crippen LogP contribution is 2.32. The number of hydrogen-bond acceptors (Lipinski definition) is 5. The highest BCUT2D eigenvalue weighted by atomic mass is 35.5. The monoisotopic (exact) mass is 445 g/mol. The Hall–Kier alpha value is -2.31. The van der Waals surface area contributed by atoms with E-state index in [1.165, 1.54) is 4.90 Å². The number of ether oxygens (including phenoxy) is 1. The fourth-order valence-corrected chi connectivity index (χ4v) is 4.48. The lowest BCUT2D eigenvalue weighted by atomic mass is 9.94. The number of allylic oxidation sites excluding steroid dienone is 3. The van der Waals surface area contributed by atoms with Crippen LogP contribution in [0.2, 0.25) is 0 Å². The van der Waals surface area contributed by atoms with E-state index >= 15 is 0 Å². The van der Waals surface area contributed by atoms with Crippen molar-refractivity contribution in [2.75, 3.05) is 44.2 Å². The lowest BCUT2D eigenvalue weighted by Gasteiger charge is -2.37. The standard InChI is InChI=1S/C24H31N3O3.ClH/c1-18(2)30-22-11-6-5-10-21(22)26-16-14-25(15-17-26)12-7-13-27-23(28)19-8-3-4-9-20(19)24(27)29;/h3-6,8,10-11,18,20H,7,9,12-17H2,1-2H3;1H. The summed E-state index contributed by atoms with van der Waals surface area (Å²) in [7, 11) is 0. The van der Waals surface area contributed by atoms with Crippen LogP contribution < -0.4 is 9.64 Å². The first-order valence-corrected chi connectivity index (χ1v) is 11.0. The van der Waals surface area contributed by atoms with E-state index in [1.807, 2.05) is 38.1 Å². The Bertz CT molecular complexity index is 859. The van der Waals surface area contributed by atoms with E-state index in [-0.39, 0.29) is 36.2 Å². The molecule has 4 rings (SSSR count). The summed E-state index contributed by atoms with van der Waals surface area (Å²) in [6.07, 6.45) is 7.26. The molecule has 7 heteroatoms. The van der Waals surface area contributed by atoms with Crippen molar-refractivity contribution in [1.29, 1.82) is 0 Å². The van der Waals surface area contributed by atoms with E-state index in [2.05, 4.69) is 21.9 Å². The van der Waals surface area contributed by atoms with Gasteiger partial charge in [-0.25, -0.2) is 0 Å². The van der Waals surface area contributed by atoms with Crippen molar-refractivity contribution in [3.05, 3.63) is 48.1 Å². The predicted octanol–water partition coefficient (Wildman–Crippen LogP) is 3.28. The van der Waals surface area contributed by atoms with E-state index in [4.69, 9.17) is 4.74 Å². The molecule has 3 aliphatic rings. The SMILES string of the molecule is CC(C)Oc1ccccc1N1CCN(CCCN2C(=O)C3=CC=CCC3C2=O)CC1.Cl. The number of halogens is 1. The molecule has 0 spiro atoms. The van der Waals surface area contributed by atoms with Crippen LogP contribution in [0.15, 0.2) is 48.1 Å². The molecule has 2 aliphatic heterocycles. The summed E-state index contributed by atoms with van der Waals surface area (Å²) in [6.45, 7) is 9.33. The van der Waals surface area contributed by atoms with Gasteiger partial charge < -0.3 is 9.64 Å². The number of piperazine rings is 1. The third-order valence-corrected chi connectivity index (χ3v) is 6.01. The molecular weight excluding hydrogens is 414 g/mol. The van der Waals surface area contributed by atoms with E-state index in [9.17, 15) is 9.59 Å². The number of nitrogens with zero attached hydrogens (tertiary/aromatic N) is 3. The van der Waals surface area contributed by atoms with Gasteiger partial charge in [-0.15, -0.1) is 12.4 Å². The van der Waals surface area contributed by atoms with Crippen LogP contribution in [0.25, 0.3) is 0 Å². The van der Waals surface area contributed by atoms with Crippen LogP contribution in [-0.2, 0) is 9.59 Å². The molecule has 1 aliphatic carbocycles. The van der Waals surface area contributed by atoms with E-state index < -0.39 is 0 Å². The number of carbonyl (C=O) groups is 2. The highest BCUT2D eigenvalue weighted by molar-refractivity contribution is 6.15. The summed E-state index contributed by atoms with van der Waals surface area (Å²) in [5.74, 6) is 0.569. The minimum atomic E-state index is -0.251. The number of amides is 2. The first kappa shape index (κ1) is 23.4. The van der Waals surface area contributed by atoms with Gasteiger partial charge in [-0.3, -0.25) is 19.4 Å². The second-order valence-electron chi connectivity index (χ2n) is 8.45. The van der Waals surface area contributed by atoms with E-state index in [1.54, 1.807) is 6.08 Å². The zero-order chi connectivity index (χ0) is 21.1. The molecule has 31 heavy (non-hydrogen) atoms. The Kier molecular flexibility index (Phi) is 7.79. The number of para-hydroxylation sites is 2. The molecule has 0 aromatic heterocycles. The average molecular weight is 446 g/mol. The Morgan fingerprint density at radius 1 is 1.06 bits per heavy atom. The number of benzene rings is 1. The van der Waals surface area contributed by atoms with E-state index in [0.717, 1.165) is 50.6 Å². The van der Waals surface area contributed by atoms with Gasteiger partial charge in [-0.1, -0.05) is 30.4 Å². The number of anilines is 1. The molecule has 1 atom stereocenters.